The van der Waals surface area contributed by atoms with Crippen LogP contribution in [0.2, 0.25) is 0 Å². The number of hydrogen-bond acceptors (Lipinski definition) is 4. The molecule has 0 radical (unpaired) electrons. The predicted octanol–water partition coefficient (Wildman–Crippen LogP) is 2.67. The SMILES string of the molecule is OCCn1nc(C(O)c2ccccc2)nc1CCCc1ccc(F)cc1. The van der Waals surface area contributed by atoms with Crippen LogP contribution in [-0.4, -0.2) is 31.6 Å². The molecule has 136 valence electrons. The Labute approximate surface area is 151 Å². The maximum Gasteiger partial charge on any atom is 0.183 e. The summed E-state index contributed by atoms with van der Waals surface area (Å²) in [4.78, 5) is 4.48. The van der Waals surface area contributed by atoms with E-state index in [0.717, 1.165) is 29.8 Å². The molecule has 0 aliphatic carbocycles. The smallest absolute Gasteiger partial charge is 0.183 e. The topological polar surface area (TPSA) is 71.2 Å². The van der Waals surface area contributed by atoms with Crippen LogP contribution in [0.25, 0.3) is 0 Å². The Morgan fingerprint density at radius 1 is 1.00 bits per heavy atom. The molecule has 0 aliphatic heterocycles. The predicted molar refractivity (Wildman–Crippen MR) is 96.0 cm³/mol. The van der Waals surface area contributed by atoms with Crippen molar-refractivity contribution < 1.29 is 14.6 Å². The highest BCUT2D eigenvalue weighted by atomic mass is 19.1. The molecule has 0 fully saturated rings. The first-order valence-electron chi connectivity index (χ1n) is 8.69. The Kier molecular flexibility index (Phi) is 6.09. The fourth-order valence-corrected chi connectivity index (χ4v) is 2.85. The molecule has 0 bridgehead atoms. The third-order valence-corrected chi connectivity index (χ3v) is 4.22. The van der Waals surface area contributed by atoms with Gasteiger partial charge in [-0.15, -0.1) is 0 Å². The summed E-state index contributed by atoms with van der Waals surface area (Å²) < 4.78 is 14.6. The van der Waals surface area contributed by atoms with Crippen LogP contribution in [0.1, 0.15) is 35.3 Å². The average molecular weight is 355 g/mol. The number of aliphatic hydroxyl groups is 2. The molecule has 0 spiro atoms. The minimum atomic E-state index is -0.896. The minimum Gasteiger partial charge on any atom is -0.394 e. The van der Waals surface area contributed by atoms with E-state index in [1.807, 2.05) is 30.3 Å². The van der Waals surface area contributed by atoms with Crippen molar-refractivity contribution in [3.05, 3.63) is 83.2 Å². The van der Waals surface area contributed by atoms with Crippen molar-refractivity contribution in [2.45, 2.75) is 31.9 Å². The van der Waals surface area contributed by atoms with Crippen molar-refractivity contribution in [2.75, 3.05) is 6.61 Å². The zero-order valence-electron chi connectivity index (χ0n) is 14.4. The number of aryl methyl sites for hydroxylation is 2. The molecule has 1 aromatic heterocycles. The number of rotatable bonds is 8. The van der Waals surface area contributed by atoms with Crippen LogP contribution in [0.3, 0.4) is 0 Å². The lowest BCUT2D eigenvalue weighted by Crippen LogP contribution is -2.09. The molecule has 3 aromatic rings. The van der Waals surface area contributed by atoms with E-state index in [1.54, 1.807) is 16.8 Å². The number of hydrogen-bond donors (Lipinski definition) is 2. The summed E-state index contributed by atoms with van der Waals surface area (Å²) in [7, 11) is 0. The van der Waals surface area contributed by atoms with E-state index in [4.69, 9.17) is 0 Å². The fourth-order valence-electron chi connectivity index (χ4n) is 2.85. The van der Waals surface area contributed by atoms with Gasteiger partial charge in [0, 0.05) is 6.42 Å². The Balaban J connectivity index is 1.69. The highest BCUT2D eigenvalue weighted by Crippen LogP contribution is 2.19. The normalized spacial score (nSPS) is 12.3. The third kappa shape index (κ3) is 4.53. The Hall–Kier alpha value is -2.57. The molecule has 3 rings (SSSR count). The van der Waals surface area contributed by atoms with Gasteiger partial charge in [0.2, 0.25) is 0 Å². The van der Waals surface area contributed by atoms with Gasteiger partial charge in [0.15, 0.2) is 5.82 Å². The average Bonchev–Trinajstić information content (AvgIpc) is 3.07. The van der Waals surface area contributed by atoms with Gasteiger partial charge in [0.25, 0.3) is 0 Å². The van der Waals surface area contributed by atoms with Gasteiger partial charge in [-0.05, 0) is 36.1 Å². The minimum absolute atomic E-state index is 0.0464. The molecule has 0 saturated carbocycles. The second-order valence-electron chi connectivity index (χ2n) is 6.13. The quantitative estimate of drug-likeness (QED) is 0.652. The van der Waals surface area contributed by atoms with Crippen molar-refractivity contribution in [3.63, 3.8) is 0 Å². The van der Waals surface area contributed by atoms with Crippen molar-refractivity contribution in [1.82, 2.24) is 14.8 Å². The van der Waals surface area contributed by atoms with Crippen molar-refractivity contribution in [1.29, 1.82) is 0 Å². The Morgan fingerprint density at radius 2 is 1.73 bits per heavy atom. The largest absolute Gasteiger partial charge is 0.394 e. The number of benzene rings is 2. The molecule has 6 heteroatoms. The summed E-state index contributed by atoms with van der Waals surface area (Å²) in [6, 6.07) is 15.7. The summed E-state index contributed by atoms with van der Waals surface area (Å²) in [5.41, 5.74) is 1.79. The molecule has 5 nitrogen and oxygen atoms in total. The van der Waals surface area contributed by atoms with Crippen LogP contribution in [0.5, 0.6) is 0 Å². The lowest BCUT2D eigenvalue weighted by molar-refractivity contribution is 0.208. The summed E-state index contributed by atoms with van der Waals surface area (Å²) in [6.45, 7) is 0.287. The highest BCUT2D eigenvalue weighted by molar-refractivity contribution is 5.22. The first-order valence-corrected chi connectivity index (χ1v) is 8.69. The van der Waals surface area contributed by atoms with Gasteiger partial charge in [0.1, 0.15) is 17.7 Å². The second kappa shape index (κ2) is 8.69. The van der Waals surface area contributed by atoms with Crippen molar-refractivity contribution in [3.8, 4) is 0 Å². The van der Waals surface area contributed by atoms with Crippen molar-refractivity contribution in [2.24, 2.45) is 0 Å². The molecule has 1 atom stereocenters. The maximum absolute atomic E-state index is 13.0. The lowest BCUT2D eigenvalue weighted by Gasteiger charge is -2.05. The van der Waals surface area contributed by atoms with E-state index in [2.05, 4.69) is 10.1 Å². The van der Waals surface area contributed by atoms with E-state index in [9.17, 15) is 14.6 Å². The van der Waals surface area contributed by atoms with Crippen LogP contribution < -0.4 is 0 Å². The molecule has 26 heavy (non-hydrogen) atoms. The number of halogens is 1. The second-order valence-corrected chi connectivity index (χ2v) is 6.13. The zero-order valence-corrected chi connectivity index (χ0v) is 14.4. The standard InChI is InChI=1S/C20H22FN3O2/c21-17-11-9-15(10-12-17)5-4-8-18-22-20(23-24(18)13-14-25)19(26)16-6-2-1-3-7-16/h1-3,6-7,9-12,19,25-26H,4-5,8,13-14H2. The molecule has 1 heterocycles. The fraction of sp³-hybridized carbons (Fsp3) is 0.300. The van der Waals surface area contributed by atoms with Crippen LogP contribution in [0, 0.1) is 5.82 Å². The summed E-state index contributed by atoms with van der Waals surface area (Å²) in [5.74, 6) is 0.823. The van der Waals surface area contributed by atoms with E-state index >= 15 is 0 Å². The zero-order chi connectivity index (χ0) is 18.4. The molecule has 0 saturated heterocycles. The molecule has 0 aliphatic rings. The number of aromatic nitrogens is 3. The molecule has 1 unspecified atom stereocenters. The molecule has 2 aromatic carbocycles. The van der Waals surface area contributed by atoms with Gasteiger partial charge in [-0.25, -0.2) is 14.1 Å². The summed E-state index contributed by atoms with van der Waals surface area (Å²) in [5, 5.41) is 24.1. The number of nitrogens with zero attached hydrogens (tertiary/aromatic N) is 3. The number of aliphatic hydroxyl groups excluding tert-OH is 2. The van der Waals surface area contributed by atoms with Crippen LogP contribution in [0.15, 0.2) is 54.6 Å². The van der Waals surface area contributed by atoms with Gasteiger partial charge in [-0.3, -0.25) is 0 Å². The van der Waals surface area contributed by atoms with Gasteiger partial charge in [0.05, 0.1) is 13.2 Å². The Bertz CT molecular complexity index is 819. The summed E-state index contributed by atoms with van der Waals surface area (Å²) in [6.07, 6.45) is 1.37. The summed E-state index contributed by atoms with van der Waals surface area (Å²) >= 11 is 0. The molecular formula is C20H22FN3O2. The highest BCUT2D eigenvalue weighted by Gasteiger charge is 2.18. The first kappa shape index (κ1) is 18.2. The van der Waals surface area contributed by atoms with Gasteiger partial charge >= 0.3 is 0 Å². The van der Waals surface area contributed by atoms with E-state index in [1.165, 1.54) is 12.1 Å². The maximum atomic E-state index is 13.0. The molecular weight excluding hydrogens is 333 g/mol. The van der Waals surface area contributed by atoms with E-state index in [0.29, 0.717) is 18.8 Å². The Morgan fingerprint density at radius 3 is 2.42 bits per heavy atom. The van der Waals surface area contributed by atoms with Crippen molar-refractivity contribution >= 4 is 0 Å². The molecule has 2 N–H and O–H groups in total. The molecule has 0 amide bonds. The van der Waals surface area contributed by atoms with Gasteiger partial charge < -0.3 is 10.2 Å². The van der Waals surface area contributed by atoms with E-state index < -0.39 is 6.10 Å². The first-order chi connectivity index (χ1) is 12.7. The van der Waals surface area contributed by atoms with E-state index in [-0.39, 0.29) is 12.4 Å². The monoisotopic (exact) mass is 355 g/mol. The third-order valence-electron chi connectivity index (χ3n) is 4.22. The lowest BCUT2D eigenvalue weighted by atomic mass is 10.1. The van der Waals surface area contributed by atoms with Crippen LogP contribution >= 0.6 is 0 Å². The van der Waals surface area contributed by atoms with Gasteiger partial charge in [-0.1, -0.05) is 42.5 Å². The van der Waals surface area contributed by atoms with Crippen LogP contribution in [0.4, 0.5) is 4.39 Å². The van der Waals surface area contributed by atoms with Gasteiger partial charge in [-0.2, -0.15) is 5.10 Å². The van der Waals surface area contributed by atoms with Crippen LogP contribution in [-0.2, 0) is 19.4 Å².